The largest absolute Gasteiger partial charge is 0.469 e. The van der Waals surface area contributed by atoms with E-state index in [4.69, 9.17) is 32.7 Å². The second-order valence-corrected chi connectivity index (χ2v) is 14.1. The lowest BCUT2D eigenvalue weighted by molar-refractivity contribution is -0.150. The van der Waals surface area contributed by atoms with Crippen LogP contribution in [-0.2, 0) is 25.5 Å². The number of thiazole rings is 1. The van der Waals surface area contributed by atoms with E-state index in [9.17, 15) is 14.4 Å². The van der Waals surface area contributed by atoms with Crippen molar-refractivity contribution in [2.24, 2.45) is 17.3 Å². The molecule has 1 saturated heterocycles. The molecule has 1 aromatic heterocycles. The average molecular weight is 656 g/mol. The molecule has 1 aliphatic carbocycles. The van der Waals surface area contributed by atoms with Gasteiger partial charge in [-0.3, -0.25) is 14.4 Å². The SMILES string of the molecule is COC(=O)[C@]12CC(=O)[C@@H]3C[C@@H](Oc4nc5ccccc5s4)CN3C(=O)[C@@H](Cc3cc(Cl)cc(Cl)c3)CCCCC/C=C\[C@@H]1C2. The number of carbonyl (C=O) groups is 3. The number of Topliss-reactive ketones (excluding diaryl/α,β-unsaturated/α-hetero) is 1. The van der Waals surface area contributed by atoms with Crippen LogP contribution >= 0.6 is 34.5 Å². The Morgan fingerprint density at radius 1 is 1.11 bits per heavy atom. The van der Waals surface area contributed by atoms with Gasteiger partial charge < -0.3 is 14.4 Å². The maximum absolute atomic E-state index is 14.4. The van der Waals surface area contributed by atoms with Gasteiger partial charge in [0.15, 0.2) is 5.78 Å². The minimum absolute atomic E-state index is 0.0333. The number of esters is 1. The number of para-hydroxylation sites is 1. The Labute approximate surface area is 271 Å². The fourth-order valence-corrected chi connectivity index (χ4v) is 8.31. The second kappa shape index (κ2) is 13.2. The van der Waals surface area contributed by atoms with Gasteiger partial charge in [-0.25, -0.2) is 4.98 Å². The number of halogens is 2. The Bertz CT molecular complexity index is 1540. The second-order valence-electron chi connectivity index (χ2n) is 12.3. The molecule has 3 aromatic rings. The lowest BCUT2D eigenvalue weighted by atomic mass is 9.90. The van der Waals surface area contributed by atoms with Gasteiger partial charge in [0.25, 0.3) is 5.19 Å². The topological polar surface area (TPSA) is 85.8 Å². The molecule has 44 heavy (non-hydrogen) atoms. The van der Waals surface area contributed by atoms with Crippen LogP contribution in [-0.4, -0.2) is 53.3 Å². The van der Waals surface area contributed by atoms with Crippen LogP contribution in [0.2, 0.25) is 10.0 Å². The molecule has 0 unspecified atom stereocenters. The van der Waals surface area contributed by atoms with Crippen LogP contribution in [0.5, 0.6) is 5.19 Å². The third-order valence-electron chi connectivity index (χ3n) is 9.22. The molecule has 232 valence electrons. The number of allylic oxidation sites excluding steroid dienone is 2. The Balaban J connectivity index is 1.30. The molecule has 3 aliphatic rings. The van der Waals surface area contributed by atoms with E-state index in [1.165, 1.54) is 18.4 Å². The quantitative estimate of drug-likeness (QED) is 0.210. The van der Waals surface area contributed by atoms with Crippen molar-refractivity contribution in [3.8, 4) is 5.19 Å². The van der Waals surface area contributed by atoms with Gasteiger partial charge in [-0.1, -0.05) is 71.7 Å². The number of methoxy groups -OCH3 is 1. The van der Waals surface area contributed by atoms with E-state index in [1.807, 2.05) is 36.4 Å². The molecular weight excluding hydrogens is 619 g/mol. The maximum atomic E-state index is 14.4. The Morgan fingerprint density at radius 3 is 2.68 bits per heavy atom. The summed E-state index contributed by atoms with van der Waals surface area (Å²) in [7, 11) is 1.37. The molecule has 2 aromatic carbocycles. The van der Waals surface area contributed by atoms with Crippen LogP contribution in [0, 0.1) is 17.3 Å². The van der Waals surface area contributed by atoms with Gasteiger partial charge in [0, 0.05) is 28.8 Å². The molecule has 7 nitrogen and oxygen atoms in total. The Morgan fingerprint density at radius 2 is 1.91 bits per heavy atom. The van der Waals surface area contributed by atoms with E-state index in [-0.39, 0.29) is 42.5 Å². The van der Waals surface area contributed by atoms with Crippen molar-refractivity contribution < 1.29 is 23.9 Å². The Kier molecular flexibility index (Phi) is 9.31. The third-order valence-corrected chi connectivity index (χ3v) is 10.6. The van der Waals surface area contributed by atoms with E-state index < -0.39 is 17.6 Å². The van der Waals surface area contributed by atoms with Crippen molar-refractivity contribution in [3.63, 3.8) is 0 Å². The highest BCUT2D eigenvalue weighted by atomic mass is 35.5. The number of ketones is 1. The summed E-state index contributed by atoms with van der Waals surface area (Å²) in [5.41, 5.74) is 0.859. The predicted molar refractivity (Wildman–Crippen MR) is 172 cm³/mol. The van der Waals surface area contributed by atoms with E-state index in [1.54, 1.807) is 11.0 Å². The van der Waals surface area contributed by atoms with Gasteiger partial charge in [-0.15, -0.1) is 0 Å². The molecule has 2 fully saturated rings. The van der Waals surface area contributed by atoms with Gasteiger partial charge in [0.2, 0.25) is 5.91 Å². The molecule has 0 spiro atoms. The van der Waals surface area contributed by atoms with Crippen LogP contribution in [0.25, 0.3) is 10.2 Å². The Hall–Kier alpha value is -2.94. The number of nitrogens with zero attached hydrogens (tertiary/aromatic N) is 2. The van der Waals surface area contributed by atoms with E-state index in [0.29, 0.717) is 40.9 Å². The summed E-state index contributed by atoms with van der Waals surface area (Å²) in [6.45, 7) is 0.270. The zero-order chi connectivity index (χ0) is 30.8. The van der Waals surface area contributed by atoms with Gasteiger partial charge in [-0.05, 0) is 73.9 Å². The fourth-order valence-electron chi connectivity index (χ4n) is 6.85. The van der Waals surface area contributed by atoms with Crippen molar-refractivity contribution in [3.05, 3.63) is 70.2 Å². The summed E-state index contributed by atoms with van der Waals surface area (Å²) in [5, 5.41) is 1.56. The first-order chi connectivity index (χ1) is 21.3. The van der Waals surface area contributed by atoms with Gasteiger partial charge in [0.05, 0.1) is 35.3 Å². The van der Waals surface area contributed by atoms with Crippen LogP contribution in [0.4, 0.5) is 0 Å². The highest BCUT2D eigenvalue weighted by Crippen LogP contribution is 2.57. The summed E-state index contributed by atoms with van der Waals surface area (Å²) in [4.78, 5) is 47.8. The fraction of sp³-hybridized carbons (Fsp3) is 0.471. The molecule has 2 aliphatic heterocycles. The standard InChI is InChI=1S/C34H36Cl2N2O5S/c1-42-32(41)34-18-23(34)10-6-4-2-3-5-9-22(13-21-14-24(35)16-25(36)15-21)31(40)38-20-26(17-28(38)29(39)19-34)43-33-37-27-11-7-8-12-30(27)44-33/h6-8,10-12,14-16,22-23,26,28H,2-5,9,13,17-20H2,1H3/b10-6-/t22-,23-,26-,28+,34-/m1/s1. The third kappa shape index (κ3) is 6.68. The number of amides is 1. The summed E-state index contributed by atoms with van der Waals surface area (Å²) in [5.74, 6) is -0.967. The number of benzene rings is 2. The molecule has 5 atom stereocenters. The van der Waals surface area contributed by atoms with Crippen molar-refractivity contribution in [1.29, 1.82) is 0 Å². The van der Waals surface area contributed by atoms with Gasteiger partial charge >= 0.3 is 5.97 Å². The summed E-state index contributed by atoms with van der Waals surface area (Å²) in [6, 6.07) is 12.5. The smallest absolute Gasteiger partial charge is 0.312 e. The molecule has 3 heterocycles. The predicted octanol–water partition coefficient (Wildman–Crippen LogP) is 7.47. The normalized spacial score (nSPS) is 28.5. The lowest BCUT2D eigenvalue weighted by Crippen LogP contribution is -2.45. The number of fused-ring (bicyclic) bond motifs is 3. The molecule has 0 N–H and O–H groups in total. The van der Waals surface area contributed by atoms with Crippen molar-refractivity contribution in [2.45, 2.75) is 69.9 Å². The minimum Gasteiger partial charge on any atom is -0.469 e. The van der Waals surface area contributed by atoms with Crippen molar-refractivity contribution in [2.75, 3.05) is 13.7 Å². The number of hydrogen-bond acceptors (Lipinski definition) is 7. The van der Waals surface area contributed by atoms with Crippen molar-refractivity contribution >= 4 is 62.4 Å². The van der Waals surface area contributed by atoms with E-state index in [0.717, 1.165) is 41.5 Å². The summed E-state index contributed by atoms with van der Waals surface area (Å²) < 4.78 is 12.5. The lowest BCUT2D eigenvalue weighted by Gasteiger charge is -2.29. The summed E-state index contributed by atoms with van der Waals surface area (Å²) in [6.07, 6.45) is 9.63. The van der Waals surface area contributed by atoms with Crippen molar-refractivity contribution in [1.82, 2.24) is 9.88 Å². The van der Waals surface area contributed by atoms with Crippen LogP contribution in [0.3, 0.4) is 0 Å². The number of rotatable bonds is 5. The first-order valence-electron chi connectivity index (χ1n) is 15.3. The zero-order valence-electron chi connectivity index (χ0n) is 24.7. The molecule has 1 saturated carbocycles. The molecule has 10 heteroatoms. The molecule has 6 rings (SSSR count). The van der Waals surface area contributed by atoms with Gasteiger partial charge in [-0.2, -0.15) is 0 Å². The number of ether oxygens (including phenoxy) is 2. The highest BCUT2D eigenvalue weighted by Gasteiger charge is 2.61. The minimum atomic E-state index is -0.875. The van der Waals surface area contributed by atoms with E-state index >= 15 is 0 Å². The molecule has 1 amide bonds. The highest BCUT2D eigenvalue weighted by molar-refractivity contribution is 7.20. The first kappa shape index (κ1) is 31.1. The average Bonchev–Trinajstić information content (AvgIpc) is 3.31. The molecule has 0 radical (unpaired) electrons. The number of aromatic nitrogens is 1. The number of carbonyl (C=O) groups excluding carboxylic acids is 3. The monoisotopic (exact) mass is 654 g/mol. The van der Waals surface area contributed by atoms with Crippen LogP contribution in [0.1, 0.15) is 56.9 Å². The molecule has 0 bridgehead atoms. The maximum Gasteiger partial charge on any atom is 0.312 e. The van der Waals surface area contributed by atoms with Gasteiger partial charge in [0.1, 0.15) is 6.10 Å². The van der Waals surface area contributed by atoms with Crippen LogP contribution < -0.4 is 4.74 Å². The number of hydrogen-bond donors (Lipinski definition) is 0. The first-order valence-corrected chi connectivity index (χ1v) is 16.9. The van der Waals surface area contributed by atoms with E-state index in [2.05, 4.69) is 17.1 Å². The molecular formula is C34H36Cl2N2O5S. The summed E-state index contributed by atoms with van der Waals surface area (Å²) >= 11 is 14.1. The van der Waals surface area contributed by atoms with Crippen LogP contribution in [0.15, 0.2) is 54.6 Å². The zero-order valence-corrected chi connectivity index (χ0v) is 27.0.